The van der Waals surface area contributed by atoms with Crippen LogP contribution in [0.3, 0.4) is 0 Å². The monoisotopic (exact) mass is 341 g/mol. The van der Waals surface area contributed by atoms with E-state index >= 15 is 0 Å². The summed E-state index contributed by atoms with van der Waals surface area (Å²) in [5.74, 6) is 0. The molecule has 4 nitrogen and oxygen atoms in total. The van der Waals surface area contributed by atoms with Gasteiger partial charge < -0.3 is 15.0 Å². The van der Waals surface area contributed by atoms with Gasteiger partial charge in [0.15, 0.2) is 0 Å². The summed E-state index contributed by atoms with van der Waals surface area (Å²) in [6, 6.07) is 0.365. The highest BCUT2D eigenvalue weighted by Gasteiger charge is 2.21. The van der Waals surface area contributed by atoms with E-state index in [9.17, 15) is 5.21 Å². The van der Waals surface area contributed by atoms with E-state index in [2.05, 4.69) is 46.5 Å². The van der Waals surface area contributed by atoms with E-state index in [1.807, 2.05) is 0 Å². The molecule has 0 saturated carbocycles. The molecule has 0 bridgehead atoms. The van der Waals surface area contributed by atoms with E-state index in [1.165, 1.54) is 0 Å². The number of hydrogen-bond acceptors (Lipinski definition) is 4. The second-order valence-corrected chi connectivity index (χ2v) is 5.77. The number of rotatable bonds is 6. The van der Waals surface area contributed by atoms with Crippen molar-refractivity contribution in [2.75, 3.05) is 51.2 Å². The van der Waals surface area contributed by atoms with Crippen molar-refractivity contribution in [3.05, 3.63) is 0 Å². The van der Waals surface area contributed by atoms with Crippen LogP contribution >= 0.6 is 22.6 Å². The number of hydroxylamine groups is 2. The first-order chi connectivity index (χ1) is 7.63. The van der Waals surface area contributed by atoms with Gasteiger partial charge in [0.1, 0.15) is 0 Å². The minimum atomic E-state index is 0.365. The number of likely N-dealkylation sites (N-methyl/N-ethyl adjacent to an activating group) is 1. The summed E-state index contributed by atoms with van der Waals surface area (Å²) in [5.41, 5.74) is 0. The number of hydrogen-bond donors (Lipinski definition) is 1. The highest BCUT2D eigenvalue weighted by Crippen LogP contribution is 2.13. The summed E-state index contributed by atoms with van der Waals surface area (Å²) < 4.78 is 1.15. The van der Waals surface area contributed by atoms with Gasteiger partial charge in [-0.2, -0.15) is 5.06 Å². The minimum absolute atomic E-state index is 0.365. The van der Waals surface area contributed by atoms with Crippen LogP contribution in [0, 0.1) is 0 Å². The Bertz CT molecular complexity index is 186. The van der Waals surface area contributed by atoms with Crippen LogP contribution in [-0.4, -0.2) is 77.4 Å². The molecule has 1 heterocycles. The highest BCUT2D eigenvalue weighted by molar-refractivity contribution is 14.1. The second kappa shape index (κ2) is 7.81. The first-order valence-corrected chi connectivity index (χ1v) is 7.54. The first kappa shape index (κ1) is 14.6. The van der Waals surface area contributed by atoms with Gasteiger partial charge in [0.2, 0.25) is 0 Å². The van der Waals surface area contributed by atoms with Crippen molar-refractivity contribution in [2.24, 2.45) is 0 Å². The van der Waals surface area contributed by atoms with Crippen LogP contribution in [0.2, 0.25) is 0 Å². The molecule has 0 atom stereocenters. The van der Waals surface area contributed by atoms with Crippen LogP contribution < -0.4 is 0 Å². The van der Waals surface area contributed by atoms with Gasteiger partial charge in [-0.05, 0) is 40.0 Å². The van der Waals surface area contributed by atoms with Crippen LogP contribution in [0.15, 0.2) is 0 Å². The zero-order valence-corrected chi connectivity index (χ0v) is 12.6. The summed E-state index contributed by atoms with van der Waals surface area (Å²) >= 11 is 2.38. The zero-order valence-electron chi connectivity index (χ0n) is 10.4. The molecule has 1 N–H and O–H groups in total. The first-order valence-electron chi connectivity index (χ1n) is 6.02. The SMILES string of the molecule is CN1CCC(N(O)CCN(C)CCI)CC1. The van der Waals surface area contributed by atoms with E-state index in [-0.39, 0.29) is 0 Å². The smallest absolute Gasteiger partial charge is 0.0375 e. The fraction of sp³-hybridized carbons (Fsp3) is 1.00. The van der Waals surface area contributed by atoms with Crippen molar-refractivity contribution in [1.29, 1.82) is 0 Å². The molecule has 0 unspecified atom stereocenters. The Morgan fingerprint density at radius 3 is 2.44 bits per heavy atom. The third kappa shape index (κ3) is 5.27. The van der Waals surface area contributed by atoms with Gasteiger partial charge in [0, 0.05) is 30.1 Å². The molecule has 0 aromatic carbocycles. The number of alkyl halides is 1. The molecule has 5 heteroatoms. The molecule has 0 radical (unpaired) electrons. The van der Waals surface area contributed by atoms with Crippen molar-refractivity contribution < 1.29 is 5.21 Å². The lowest BCUT2D eigenvalue weighted by molar-refractivity contribution is -0.140. The highest BCUT2D eigenvalue weighted by atomic mass is 127. The molecule has 1 saturated heterocycles. The summed E-state index contributed by atoms with van der Waals surface area (Å²) in [6.07, 6.45) is 2.17. The third-order valence-electron chi connectivity index (χ3n) is 3.29. The van der Waals surface area contributed by atoms with Crippen LogP contribution in [0.25, 0.3) is 0 Å². The molecule has 1 rings (SSSR count). The lowest BCUT2D eigenvalue weighted by Crippen LogP contribution is -2.44. The Hall–Kier alpha value is 0.570. The second-order valence-electron chi connectivity index (χ2n) is 4.69. The van der Waals surface area contributed by atoms with Crippen molar-refractivity contribution in [3.8, 4) is 0 Å². The Kier molecular flexibility index (Phi) is 7.14. The quantitative estimate of drug-likeness (QED) is 0.446. The van der Waals surface area contributed by atoms with Gasteiger partial charge >= 0.3 is 0 Å². The third-order valence-corrected chi connectivity index (χ3v) is 3.77. The van der Waals surface area contributed by atoms with Gasteiger partial charge in [-0.1, -0.05) is 22.6 Å². The Balaban J connectivity index is 2.16. The van der Waals surface area contributed by atoms with E-state index in [1.54, 1.807) is 5.06 Å². The minimum Gasteiger partial charge on any atom is -0.314 e. The Morgan fingerprint density at radius 2 is 1.88 bits per heavy atom. The zero-order chi connectivity index (χ0) is 12.0. The fourth-order valence-corrected chi connectivity index (χ4v) is 2.83. The molecule has 0 aliphatic carbocycles. The molecule has 0 aromatic heterocycles. The Morgan fingerprint density at radius 1 is 1.25 bits per heavy atom. The van der Waals surface area contributed by atoms with Gasteiger partial charge in [-0.15, -0.1) is 0 Å². The van der Waals surface area contributed by atoms with Crippen molar-refractivity contribution in [2.45, 2.75) is 18.9 Å². The maximum atomic E-state index is 9.96. The van der Waals surface area contributed by atoms with Crippen molar-refractivity contribution >= 4 is 22.6 Å². The standard InChI is InChI=1S/C11H24IN3O/c1-13-6-3-11(4-7-13)15(16)10-9-14(2)8-5-12/h11,16H,3-10H2,1-2H3. The molecular formula is C11H24IN3O. The molecule has 96 valence electrons. The van der Waals surface area contributed by atoms with Gasteiger partial charge in [-0.25, -0.2) is 0 Å². The lowest BCUT2D eigenvalue weighted by atomic mass is 10.1. The van der Waals surface area contributed by atoms with Crippen molar-refractivity contribution in [3.63, 3.8) is 0 Å². The summed E-state index contributed by atoms with van der Waals surface area (Å²) in [6.45, 7) is 5.02. The van der Waals surface area contributed by atoms with Crippen LogP contribution in [0.5, 0.6) is 0 Å². The largest absolute Gasteiger partial charge is 0.314 e. The van der Waals surface area contributed by atoms with Gasteiger partial charge in [0.05, 0.1) is 0 Å². The molecule has 0 aromatic rings. The predicted molar refractivity (Wildman–Crippen MR) is 75.4 cm³/mol. The van der Waals surface area contributed by atoms with Crippen LogP contribution in [0.1, 0.15) is 12.8 Å². The maximum Gasteiger partial charge on any atom is 0.0375 e. The molecular weight excluding hydrogens is 317 g/mol. The van der Waals surface area contributed by atoms with E-state index in [4.69, 9.17) is 0 Å². The van der Waals surface area contributed by atoms with Gasteiger partial charge in [-0.3, -0.25) is 0 Å². The number of halogens is 1. The van der Waals surface area contributed by atoms with Gasteiger partial charge in [0.25, 0.3) is 0 Å². The van der Waals surface area contributed by atoms with E-state index < -0.39 is 0 Å². The van der Waals surface area contributed by atoms with Crippen LogP contribution in [0.4, 0.5) is 0 Å². The lowest BCUT2D eigenvalue weighted by Gasteiger charge is -2.34. The van der Waals surface area contributed by atoms with E-state index in [0.717, 1.165) is 50.0 Å². The number of likely N-dealkylation sites (tertiary alicyclic amines) is 1. The predicted octanol–water partition coefficient (Wildman–Crippen LogP) is 1.14. The normalized spacial score (nSPS) is 19.9. The summed E-state index contributed by atoms with van der Waals surface area (Å²) in [5, 5.41) is 11.5. The van der Waals surface area contributed by atoms with E-state index in [0.29, 0.717) is 6.04 Å². The van der Waals surface area contributed by atoms with Crippen LogP contribution in [-0.2, 0) is 0 Å². The van der Waals surface area contributed by atoms with Crippen molar-refractivity contribution in [1.82, 2.24) is 14.9 Å². The maximum absolute atomic E-state index is 9.96. The molecule has 0 amide bonds. The number of piperidine rings is 1. The fourth-order valence-electron chi connectivity index (χ4n) is 2.00. The molecule has 1 aliphatic heterocycles. The molecule has 1 fully saturated rings. The molecule has 0 spiro atoms. The molecule has 1 aliphatic rings. The Labute approximate surface area is 113 Å². The summed E-state index contributed by atoms with van der Waals surface area (Å²) in [7, 11) is 4.26. The molecule has 16 heavy (non-hydrogen) atoms. The average Bonchev–Trinajstić information content (AvgIpc) is 2.27. The topological polar surface area (TPSA) is 30.0 Å². The summed E-state index contributed by atoms with van der Waals surface area (Å²) in [4.78, 5) is 4.59. The number of nitrogens with zero attached hydrogens (tertiary/aromatic N) is 3. The average molecular weight is 341 g/mol.